The van der Waals surface area contributed by atoms with Crippen molar-refractivity contribution >= 4 is 23.6 Å². The number of amides is 1. The van der Waals surface area contributed by atoms with E-state index >= 15 is 0 Å². The molecule has 0 heterocycles. The lowest BCUT2D eigenvalue weighted by molar-refractivity contribution is -0.144. The number of carboxylic acids is 1. The van der Waals surface area contributed by atoms with Crippen LogP contribution in [0.25, 0.3) is 0 Å². The van der Waals surface area contributed by atoms with Crippen LogP contribution in [0.1, 0.15) is 17.7 Å². The third kappa shape index (κ3) is 4.84. The summed E-state index contributed by atoms with van der Waals surface area (Å²) < 4.78 is 0. The number of rotatable bonds is 7. The Labute approximate surface area is 144 Å². The fourth-order valence-electron chi connectivity index (χ4n) is 2.15. The summed E-state index contributed by atoms with van der Waals surface area (Å²) in [5.74, 6) is -1.72. The van der Waals surface area contributed by atoms with Crippen LogP contribution in [-0.2, 0) is 9.59 Å². The molecule has 0 aliphatic rings. The van der Waals surface area contributed by atoms with Gasteiger partial charge >= 0.3 is 5.97 Å². The Bertz CT molecular complexity index is 676. The van der Waals surface area contributed by atoms with Gasteiger partial charge in [0.2, 0.25) is 5.91 Å². The van der Waals surface area contributed by atoms with Gasteiger partial charge in [0, 0.05) is 4.90 Å². The van der Waals surface area contributed by atoms with E-state index in [1.54, 1.807) is 0 Å². The quantitative estimate of drug-likeness (QED) is 0.671. The van der Waals surface area contributed by atoms with Gasteiger partial charge in [-0.05, 0) is 24.6 Å². The Kier molecular flexibility index (Phi) is 6.40. The van der Waals surface area contributed by atoms with Gasteiger partial charge in [-0.2, -0.15) is 0 Å². The van der Waals surface area contributed by atoms with Crippen molar-refractivity contribution in [2.75, 3.05) is 0 Å². The molecule has 0 fully saturated rings. The van der Waals surface area contributed by atoms with Gasteiger partial charge < -0.3 is 15.5 Å². The number of aliphatic carboxylic acids is 1. The molecular weight excluding hydrogens is 326 g/mol. The van der Waals surface area contributed by atoms with E-state index in [1.165, 1.54) is 18.7 Å². The van der Waals surface area contributed by atoms with E-state index in [0.717, 1.165) is 10.5 Å². The molecule has 0 radical (unpaired) electrons. The minimum Gasteiger partial charge on any atom is -0.480 e. The van der Waals surface area contributed by atoms with Crippen LogP contribution in [0.4, 0.5) is 0 Å². The summed E-state index contributed by atoms with van der Waals surface area (Å²) >= 11 is 1.33. The topological polar surface area (TPSA) is 86.6 Å². The molecule has 6 heteroatoms. The summed E-state index contributed by atoms with van der Waals surface area (Å²) in [5.41, 5.74) is 0.763. The molecule has 2 rings (SSSR count). The Hall–Kier alpha value is -2.31. The first-order valence-corrected chi connectivity index (χ1v) is 8.35. The van der Waals surface area contributed by atoms with E-state index < -0.39 is 29.3 Å². The van der Waals surface area contributed by atoms with Crippen LogP contribution in [0.3, 0.4) is 0 Å². The van der Waals surface area contributed by atoms with Gasteiger partial charge in [-0.15, -0.1) is 11.8 Å². The average molecular weight is 345 g/mol. The molecule has 24 heavy (non-hydrogen) atoms. The number of aliphatic hydroxyl groups is 1. The zero-order valence-electron chi connectivity index (χ0n) is 13.1. The van der Waals surface area contributed by atoms with Crippen LogP contribution in [0.15, 0.2) is 65.6 Å². The van der Waals surface area contributed by atoms with Crippen molar-refractivity contribution in [2.45, 2.75) is 29.2 Å². The minimum atomic E-state index is -1.35. The maximum absolute atomic E-state index is 12.7. The van der Waals surface area contributed by atoms with Crippen molar-refractivity contribution in [2.24, 2.45) is 0 Å². The lowest BCUT2D eigenvalue weighted by Crippen LogP contribution is -2.48. The highest BCUT2D eigenvalue weighted by Crippen LogP contribution is 2.35. The second-order valence-corrected chi connectivity index (χ2v) is 6.47. The number of thioether (sulfide) groups is 1. The summed E-state index contributed by atoms with van der Waals surface area (Å²) in [6, 6.07) is 17.2. The maximum Gasteiger partial charge on any atom is 0.328 e. The Balaban J connectivity index is 2.25. The molecule has 3 unspecified atom stereocenters. The molecule has 0 saturated carbocycles. The summed E-state index contributed by atoms with van der Waals surface area (Å²) in [5, 5.41) is 20.5. The standard InChI is InChI=1S/C18H19NO4S/c1-12(20)15(18(22)23)19-17(21)16(13-8-4-2-5-9-13)24-14-10-6-3-7-11-14/h2-12,15-16,20H,1H3,(H,19,21)(H,22,23). The summed E-state index contributed by atoms with van der Waals surface area (Å²) in [4.78, 5) is 24.8. The molecule has 0 spiro atoms. The Morgan fingerprint density at radius 2 is 1.54 bits per heavy atom. The van der Waals surface area contributed by atoms with Crippen molar-refractivity contribution in [1.82, 2.24) is 5.32 Å². The van der Waals surface area contributed by atoms with Crippen molar-refractivity contribution in [3.63, 3.8) is 0 Å². The molecule has 3 atom stereocenters. The van der Waals surface area contributed by atoms with E-state index in [-0.39, 0.29) is 0 Å². The van der Waals surface area contributed by atoms with Crippen LogP contribution < -0.4 is 5.32 Å². The number of carboxylic acid groups (broad SMARTS) is 1. The van der Waals surface area contributed by atoms with E-state index in [0.29, 0.717) is 0 Å². The highest BCUT2D eigenvalue weighted by Gasteiger charge is 2.29. The predicted octanol–water partition coefficient (Wildman–Crippen LogP) is 2.47. The highest BCUT2D eigenvalue weighted by molar-refractivity contribution is 8.00. The van der Waals surface area contributed by atoms with Crippen molar-refractivity contribution in [1.29, 1.82) is 0 Å². The molecule has 0 aliphatic carbocycles. The van der Waals surface area contributed by atoms with Crippen molar-refractivity contribution < 1.29 is 19.8 Å². The molecule has 0 bridgehead atoms. The molecule has 126 valence electrons. The van der Waals surface area contributed by atoms with Crippen molar-refractivity contribution in [3.05, 3.63) is 66.2 Å². The molecule has 2 aromatic rings. The largest absolute Gasteiger partial charge is 0.480 e. The molecule has 5 nitrogen and oxygen atoms in total. The van der Waals surface area contributed by atoms with Crippen LogP contribution in [0.2, 0.25) is 0 Å². The van der Waals surface area contributed by atoms with Crippen LogP contribution in [0, 0.1) is 0 Å². The first-order valence-electron chi connectivity index (χ1n) is 7.47. The molecule has 3 N–H and O–H groups in total. The normalized spacial score (nSPS) is 14.4. The zero-order valence-corrected chi connectivity index (χ0v) is 13.9. The van der Waals surface area contributed by atoms with Gasteiger partial charge in [0.1, 0.15) is 5.25 Å². The number of nitrogens with one attached hydrogen (secondary N) is 1. The molecule has 0 aliphatic heterocycles. The zero-order chi connectivity index (χ0) is 17.5. The fraction of sp³-hybridized carbons (Fsp3) is 0.222. The van der Waals surface area contributed by atoms with E-state index in [1.807, 2.05) is 60.7 Å². The minimum absolute atomic E-state index is 0.455. The van der Waals surface area contributed by atoms with Crippen LogP contribution in [0.5, 0.6) is 0 Å². The highest BCUT2D eigenvalue weighted by atomic mass is 32.2. The predicted molar refractivity (Wildman–Crippen MR) is 92.7 cm³/mol. The molecule has 0 saturated heterocycles. The van der Waals surface area contributed by atoms with Gasteiger partial charge in [-0.1, -0.05) is 48.5 Å². The smallest absolute Gasteiger partial charge is 0.328 e. The Morgan fingerprint density at radius 3 is 2.04 bits per heavy atom. The molecule has 1 amide bonds. The monoisotopic (exact) mass is 345 g/mol. The molecule has 2 aromatic carbocycles. The third-order valence-corrected chi connectivity index (χ3v) is 4.65. The van der Waals surface area contributed by atoms with E-state index in [9.17, 15) is 14.7 Å². The van der Waals surface area contributed by atoms with E-state index in [4.69, 9.17) is 5.11 Å². The first kappa shape index (κ1) is 18.0. The maximum atomic E-state index is 12.7. The van der Waals surface area contributed by atoms with Crippen molar-refractivity contribution in [3.8, 4) is 0 Å². The molecular formula is C18H19NO4S. The molecule has 0 aromatic heterocycles. The lowest BCUT2D eigenvalue weighted by Gasteiger charge is -2.22. The second-order valence-electron chi connectivity index (χ2n) is 5.29. The van der Waals surface area contributed by atoms with Gasteiger partial charge in [0.05, 0.1) is 6.10 Å². The Morgan fingerprint density at radius 1 is 1.00 bits per heavy atom. The number of aliphatic hydroxyl groups excluding tert-OH is 1. The van der Waals surface area contributed by atoms with Gasteiger partial charge in [-0.25, -0.2) is 4.79 Å². The number of hydrogen-bond donors (Lipinski definition) is 3. The van der Waals surface area contributed by atoms with Crippen LogP contribution >= 0.6 is 11.8 Å². The number of benzene rings is 2. The average Bonchev–Trinajstić information content (AvgIpc) is 2.58. The lowest BCUT2D eigenvalue weighted by atomic mass is 10.1. The SMILES string of the molecule is CC(O)C(NC(=O)C(Sc1ccccc1)c1ccccc1)C(=O)O. The fourth-order valence-corrected chi connectivity index (χ4v) is 3.21. The third-order valence-electron chi connectivity index (χ3n) is 3.38. The first-order chi connectivity index (χ1) is 11.5. The second kappa shape index (κ2) is 8.52. The van der Waals surface area contributed by atoms with Gasteiger partial charge in [-0.3, -0.25) is 4.79 Å². The number of hydrogen-bond acceptors (Lipinski definition) is 4. The van der Waals surface area contributed by atoms with Crippen LogP contribution in [-0.4, -0.2) is 34.2 Å². The van der Waals surface area contributed by atoms with E-state index in [2.05, 4.69) is 5.32 Å². The number of carbonyl (C=O) groups is 2. The van der Waals surface area contributed by atoms with Gasteiger partial charge in [0.15, 0.2) is 6.04 Å². The summed E-state index contributed by atoms with van der Waals surface area (Å²) in [7, 11) is 0. The summed E-state index contributed by atoms with van der Waals surface area (Å²) in [6.07, 6.45) is -1.19. The number of carbonyl (C=O) groups excluding carboxylic acids is 1. The summed E-state index contributed by atoms with van der Waals surface area (Å²) in [6.45, 7) is 1.33. The van der Waals surface area contributed by atoms with Gasteiger partial charge in [0.25, 0.3) is 0 Å².